The second kappa shape index (κ2) is 12.7. The Morgan fingerprint density at radius 1 is 1.09 bits per heavy atom. The van der Waals surface area contributed by atoms with E-state index >= 15 is 0 Å². The maximum absolute atomic E-state index is 9.53. The second-order valence-electron chi connectivity index (χ2n) is 5.53. The van der Waals surface area contributed by atoms with Gasteiger partial charge in [-0.25, -0.2) is 4.98 Å². The first kappa shape index (κ1) is 22.3. The first-order valence-corrected chi connectivity index (χ1v) is 9.34. The highest BCUT2D eigenvalue weighted by molar-refractivity contribution is 4.94. The molecule has 0 spiro atoms. The van der Waals surface area contributed by atoms with Crippen LogP contribution in [0, 0.1) is 10.2 Å². The van der Waals surface area contributed by atoms with Gasteiger partial charge in [0, 0.05) is 18.9 Å². The lowest BCUT2D eigenvalue weighted by atomic mass is 10.1. The highest BCUT2D eigenvalue weighted by Gasteiger charge is 2.07. The van der Waals surface area contributed by atoms with Gasteiger partial charge in [-0.15, -0.1) is 0 Å². The van der Waals surface area contributed by atoms with Crippen LogP contribution < -0.4 is 14.0 Å². The predicted molar refractivity (Wildman–Crippen MR) is 77.7 cm³/mol. The van der Waals surface area contributed by atoms with Crippen LogP contribution in [0.25, 0.3) is 0 Å². The van der Waals surface area contributed by atoms with Crippen molar-refractivity contribution in [3.63, 3.8) is 0 Å². The van der Waals surface area contributed by atoms with Crippen LogP contribution in [0.4, 0.5) is 0 Å². The summed E-state index contributed by atoms with van der Waals surface area (Å²) in [7, 11) is -4.69. The topological polar surface area (TPSA) is 127 Å². The van der Waals surface area contributed by atoms with Crippen LogP contribution in [0.3, 0.4) is 0 Å². The zero-order valence-electron chi connectivity index (χ0n) is 14.0. The van der Waals surface area contributed by atoms with E-state index in [0.717, 1.165) is 12.4 Å². The Labute approximate surface area is 140 Å². The molecule has 1 atom stereocenters. The lowest BCUT2D eigenvalue weighted by Crippen LogP contribution is -2.58. The molecular weight excluding hydrogens is 324 g/mol. The molecule has 1 rings (SSSR count). The summed E-state index contributed by atoms with van der Waals surface area (Å²) in [6.07, 6.45) is 13.9. The Hall–Kier alpha value is -0.700. The highest BCUT2D eigenvalue weighted by atomic mass is 35.7. The molecule has 0 radical (unpaired) electrons. The van der Waals surface area contributed by atoms with Crippen molar-refractivity contribution >= 4 is 0 Å². The van der Waals surface area contributed by atoms with E-state index in [4.69, 9.17) is 18.6 Å². The second-order valence-corrected chi connectivity index (χ2v) is 6.32. The number of aromatic nitrogens is 2. The number of aliphatic hydroxyl groups is 1. The van der Waals surface area contributed by atoms with E-state index in [1.165, 1.54) is 51.4 Å². The van der Waals surface area contributed by atoms with Crippen molar-refractivity contribution in [2.75, 3.05) is 0 Å². The van der Waals surface area contributed by atoms with Gasteiger partial charge in [0.25, 0.3) is 0 Å². The Morgan fingerprint density at radius 2 is 1.57 bits per heavy atom. The highest BCUT2D eigenvalue weighted by Crippen LogP contribution is 2.12. The largest absolute Gasteiger partial charge is 0.385 e. The van der Waals surface area contributed by atoms with Gasteiger partial charge in [-0.3, -0.25) is 0 Å². The quantitative estimate of drug-likeness (QED) is 0.568. The fourth-order valence-corrected chi connectivity index (χ4v) is 2.29. The van der Waals surface area contributed by atoms with E-state index in [1.54, 1.807) is 13.1 Å². The minimum absolute atomic E-state index is 0.464. The van der Waals surface area contributed by atoms with Crippen LogP contribution in [-0.2, 0) is 6.54 Å². The summed E-state index contributed by atoms with van der Waals surface area (Å²) in [5.41, 5.74) is 0. The zero-order valence-corrected chi connectivity index (χ0v) is 14.7. The van der Waals surface area contributed by atoms with E-state index in [2.05, 4.69) is 16.5 Å². The minimum Gasteiger partial charge on any atom is -0.385 e. The standard InChI is InChI=1S/C15H28N2O.ClHO4/c1-3-4-5-6-7-8-9-10-12-17-13-11-16-15(17)14(2)18;2-1(3,4)5/h11,13-14,18H,3-10,12H2,1-2H3;(H,2,3,4,5). The molecule has 0 aliphatic carbocycles. The fourth-order valence-electron chi connectivity index (χ4n) is 2.29. The molecule has 0 aliphatic heterocycles. The maximum atomic E-state index is 9.53. The summed E-state index contributed by atoms with van der Waals surface area (Å²) in [4.78, 5) is 4.18. The molecule has 1 unspecified atom stereocenters. The number of imidazole rings is 1. The molecule has 0 aromatic carbocycles. The average molecular weight is 353 g/mol. The maximum Gasteiger partial charge on any atom is 0.137 e. The fraction of sp³-hybridized carbons (Fsp3) is 0.800. The molecule has 136 valence electrons. The SMILES string of the molecule is CCCCCCCCCCn1ccnc1C(C)O.[O-][Cl+3]([O-])([O-])O. The van der Waals surface area contributed by atoms with Gasteiger partial charge >= 0.3 is 0 Å². The number of hydrogen-bond acceptors (Lipinski definition) is 6. The number of halogens is 1. The lowest BCUT2D eigenvalue weighted by molar-refractivity contribution is -1.92. The molecule has 0 saturated carbocycles. The van der Waals surface area contributed by atoms with Gasteiger partial charge in [-0.2, -0.15) is 14.0 Å². The third kappa shape index (κ3) is 14.6. The predicted octanol–water partition coefficient (Wildman–Crippen LogP) is -0.0469. The number of rotatable bonds is 10. The Kier molecular flexibility index (Phi) is 12.3. The molecule has 0 aliphatic rings. The van der Waals surface area contributed by atoms with Crippen molar-refractivity contribution in [2.24, 2.45) is 0 Å². The Balaban J connectivity index is 0.000000841. The van der Waals surface area contributed by atoms with Gasteiger partial charge in [0.15, 0.2) is 0 Å². The van der Waals surface area contributed by atoms with Gasteiger partial charge in [0.05, 0.1) is 14.9 Å². The van der Waals surface area contributed by atoms with Gasteiger partial charge in [0.1, 0.15) is 11.9 Å². The molecule has 1 aromatic heterocycles. The van der Waals surface area contributed by atoms with Gasteiger partial charge in [-0.1, -0.05) is 51.9 Å². The van der Waals surface area contributed by atoms with Crippen LogP contribution in [0.15, 0.2) is 12.4 Å². The molecule has 2 N–H and O–H groups in total. The summed E-state index contributed by atoms with van der Waals surface area (Å²) in [5, 5.41) is 9.53. The molecule has 0 fully saturated rings. The summed E-state index contributed by atoms with van der Waals surface area (Å²) < 4.78 is 34.8. The van der Waals surface area contributed by atoms with Gasteiger partial charge in [0.2, 0.25) is 0 Å². The normalized spacial score (nSPS) is 12.7. The third-order valence-corrected chi connectivity index (χ3v) is 3.37. The van der Waals surface area contributed by atoms with E-state index in [1.807, 2.05) is 6.20 Å². The van der Waals surface area contributed by atoms with Crippen LogP contribution in [0.2, 0.25) is 0 Å². The molecule has 23 heavy (non-hydrogen) atoms. The van der Waals surface area contributed by atoms with Crippen molar-refractivity contribution in [3.8, 4) is 0 Å². The third-order valence-electron chi connectivity index (χ3n) is 3.37. The van der Waals surface area contributed by atoms with Crippen LogP contribution in [0.5, 0.6) is 0 Å². The first-order valence-electron chi connectivity index (χ1n) is 8.08. The van der Waals surface area contributed by atoms with Gasteiger partial charge in [-0.05, 0) is 13.3 Å². The number of aliphatic hydroxyl groups excluding tert-OH is 1. The van der Waals surface area contributed by atoms with Crippen molar-refractivity contribution in [1.82, 2.24) is 9.55 Å². The monoisotopic (exact) mass is 352 g/mol. The van der Waals surface area contributed by atoms with E-state index in [0.29, 0.717) is 0 Å². The molecule has 0 amide bonds. The van der Waals surface area contributed by atoms with Crippen molar-refractivity contribution in [2.45, 2.75) is 77.9 Å². The number of unbranched alkanes of at least 4 members (excludes halogenated alkanes) is 7. The van der Waals surface area contributed by atoms with Crippen molar-refractivity contribution in [3.05, 3.63) is 18.2 Å². The van der Waals surface area contributed by atoms with Crippen LogP contribution >= 0.6 is 0 Å². The van der Waals surface area contributed by atoms with Gasteiger partial charge < -0.3 is 9.67 Å². The summed E-state index contributed by atoms with van der Waals surface area (Å²) in [5.74, 6) is 0.790. The average Bonchev–Trinajstić information content (AvgIpc) is 2.88. The van der Waals surface area contributed by atoms with Crippen LogP contribution in [0.1, 0.15) is 77.1 Å². The van der Waals surface area contributed by atoms with E-state index in [9.17, 15) is 5.11 Å². The molecule has 7 nitrogen and oxygen atoms in total. The zero-order chi connectivity index (χ0) is 17.7. The smallest absolute Gasteiger partial charge is 0.137 e. The number of hydrogen-bond donors (Lipinski definition) is 2. The Morgan fingerprint density at radius 3 is 2.04 bits per heavy atom. The summed E-state index contributed by atoms with van der Waals surface area (Å²) in [6, 6.07) is 0. The number of aryl methyl sites for hydroxylation is 1. The number of nitrogens with zero attached hydrogens (tertiary/aromatic N) is 2. The summed E-state index contributed by atoms with van der Waals surface area (Å²) >= 11 is 0. The lowest BCUT2D eigenvalue weighted by Gasteiger charge is -2.09. The van der Waals surface area contributed by atoms with Crippen LogP contribution in [-0.4, -0.2) is 19.3 Å². The molecule has 1 heterocycles. The molecular formula is C15H29ClN2O5. The van der Waals surface area contributed by atoms with Crippen molar-refractivity contribution < 1.29 is 34.0 Å². The first-order chi connectivity index (χ1) is 10.8. The molecule has 0 saturated heterocycles. The Bertz CT molecular complexity index is 387. The van der Waals surface area contributed by atoms with E-state index in [-0.39, 0.29) is 0 Å². The minimum atomic E-state index is -4.69. The van der Waals surface area contributed by atoms with E-state index < -0.39 is 16.3 Å². The molecule has 8 heteroatoms. The molecule has 1 aromatic rings. The van der Waals surface area contributed by atoms with Crippen molar-refractivity contribution in [1.29, 1.82) is 0 Å². The summed E-state index contributed by atoms with van der Waals surface area (Å²) in [6.45, 7) is 5.01. The molecule has 0 bridgehead atoms.